The molecule has 0 aliphatic carbocycles. The summed E-state index contributed by atoms with van der Waals surface area (Å²) in [7, 11) is 2.19. The number of likely N-dealkylation sites (N-methyl/N-ethyl adjacent to an activating group) is 1. The van der Waals surface area contributed by atoms with Gasteiger partial charge in [0.25, 0.3) is 0 Å². The van der Waals surface area contributed by atoms with Crippen molar-refractivity contribution in [1.82, 2.24) is 10.2 Å². The number of hydrogen-bond acceptors (Lipinski definition) is 2. The van der Waals surface area contributed by atoms with Gasteiger partial charge in [0.2, 0.25) is 0 Å². The van der Waals surface area contributed by atoms with Gasteiger partial charge in [0.05, 0.1) is 0 Å². The van der Waals surface area contributed by atoms with Crippen LogP contribution < -0.4 is 5.32 Å². The molecule has 2 unspecified atom stereocenters. The smallest absolute Gasteiger partial charge is 0.0218 e. The summed E-state index contributed by atoms with van der Waals surface area (Å²) in [6.45, 7) is 12.4. The van der Waals surface area contributed by atoms with Crippen LogP contribution in [0.5, 0.6) is 0 Å². The Labute approximate surface area is 83.7 Å². The van der Waals surface area contributed by atoms with Gasteiger partial charge in [-0.1, -0.05) is 6.92 Å². The predicted octanol–water partition coefficient (Wildman–Crippen LogP) is 2.10. The van der Waals surface area contributed by atoms with Crippen molar-refractivity contribution in [3.63, 3.8) is 0 Å². The number of hydrogen-bond donors (Lipinski definition) is 1. The van der Waals surface area contributed by atoms with Crippen LogP contribution >= 0.6 is 0 Å². The van der Waals surface area contributed by atoms with E-state index in [0.717, 1.165) is 6.54 Å². The summed E-state index contributed by atoms with van der Waals surface area (Å²) in [6.07, 6.45) is 1.21. The van der Waals surface area contributed by atoms with Crippen LogP contribution in [0.25, 0.3) is 0 Å². The SMILES string of the molecule is CCCNC(C)C(C)N(C)C(C)C. The van der Waals surface area contributed by atoms with Crippen molar-refractivity contribution in [2.75, 3.05) is 13.6 Å². The normalized spacial score (nSPS) is 16.6. The molecule has 0 rings (SSSR count). The van der Waals surface area contributed by atoms with Crippen molar-refractivity contribution < 1.29 is 0 Å². The fourth-order valence-corrected chi connectivity index (χ4v) is 1.37. The highest BCUT2D eigenvalue weighted by Crippen LogP contribution is 2.05. The maximum Gasteiger partial charge on any atom is 0.0218 e. The predicted molar refractivity (Wildman–Crippen MR) is 60.1 cm³/mol. The molecule has 0 bridgehead atoms. The van der Waals surface area contributed by atoms with Crippen LogP contribution in [0.1, 0.15) is 41.0 Å². The highest BCUT2D eigenvalue weighted by Gasteiger charge is 2.17. The van der Waals surface area contributed by atoms with E-state index in [9.17, 15) is 0 Å². The van der Waals surface area contributed by atoms with E-state index in [2.05, 4.69) is 51.9 Å². The highest BCUT2D eigenvalue weighted by molar-refractivity contribution is 4.77. The van der Waals surface area contributed by atoms with E-state index >= 15 is 0 Å². The molecule has 0 spiro atoms. The second-order valence-corrected chi connectivity index (χ2v) is 4.24. The van der Waals surface area contributed by atoms with Crippen molar-refractivity contribution in [2.24, 2.45) is 0 Å². The summed E-state index contributed by atoms with van der Waals surface area (Å²) in [6, 6.07) is 1.81. The zero-order valence-corrected chi connectivity index (χ0v) is 10.1. The third-order valence-electron chi connectivity index (χ3n) is 2.90. The first-order chi connectivity index (χ1) is 6.00. The Morgan fingerprint density at radius 3 is 2.08 bits per heavy atom. The molecule has 0 aliphatic heterocycles. The molecule has 2 atom stereocenters. The molecule has 0 saturated heterocycles. The Morgan fingerprint density at radius 1 is 1.15 bits per heavy atom. The average Bonchev–Trinajstić information content (AvgIpc) is 2.11. The Hall–Kier alpha value is -0.0800. The van der Waals surface area contributed by atoms with Crippen LogP contribution in [0, 0.1) is 0 Å². The summed E-state index contributed by atoms with van der Waals surface area (Å²) < 4.78 is 0. The minimum absolute atomic E-state index is 0.576. The first-order valence-electron chi connectivity index (χ1n) is 5.46. The van der Waals surface area contributed by atoms with E-state index < -0.39 is 0 Å². The van der Waals surface area contributed by atoms with Gasteiger partial charge in [-0.2, -0.15) is 0 Å². The van der Waals surface area contributed by atoms with Crippen molar-refractivity contribution in [2.45, 2.75) is 59.2 Å². The fourth-order valence-electron chi connectivity index (χ4n) is 1.37. The van der Waals surface area contributed by atoms with Gasteiger partial charge >= 0.3 is 0 Å². The maximum absolute atomic E-state index is 3.53. The highest BCUT2D eigenvalue weighted by atomic mass is 15.2. The number of nitrogens with one attached hydrogen (secondary N) is 1. The van der Waals surface area contributed by atoms with Crippen molar-refractivity contribution in [1.29, 1.82) is 0 Å². The van der Waals surface area contributed by atoms with Gasteiger partial charge in [-0.05, 0) is 47.7 Å². The topological polar surface area (TPSA) is 15.3 Å². The Kier molecular flexibility index (Phi) is 6.35. The van der Waals surface area contributed by atoms with Gasteiger partial charge in [0, 0.05) is 18.1 Å². The van der Waals surface area contributed by atoms with Crippen molar-refractivity contribution in [3.8, 4) is 0 Å². The van der Waals surface area contributed by atoms with Gasteiger partial charge in [0.1, 0.15) is 0 Å². The molecule has 0 aromatic heterocycles. The van der Waals surface area contributed by atoms with Crippen molar-refractivity contribution >= 4 is 0 Å². The summed E-state index contributed by atoms with van der Waals surface area (Å²) in [5, 5.41) is 3.53. The van der Waals surface area contributed by atoms with Gasteiger partial charge in [-0.15, -0.1) is 0 Å². The fraction of sp³-hybridized carbons (Fsp3) is 1.00. The standard InChI is InChI=1S/C11H26N2/c1-7-8-12-10(4)11(5)13(6)9(2)3/h9-12H,7-8H2,1-6H3. The second kappa shape index (κ2) is 6.39. The van der Waals surface area contributed by atoms with Crippen molar-refractivity contribution in [3.05, 3.63) is 0 Å². The van der Waals surface area contributed by atoms with Crippen LogP contribution in [0.3, 0.4) is 0 Å². The molecule has 2 nitrogen and oxygen atoms in total. The van der Waals surface area contributed by atoms with E-state index in [1.54, 1.807) is 0 Å². The lowest BCUT2D eigenvalue weighted by atomic mass is 10.1. The van der Waals surface area contributed by atoms with E-state index in [4.69, 9.17) is 0 Å². The molecule has 0 aromatic rings. The zero-order valence-electron chi connectivity index (χ0n) is 10.1. The third-order valence-corrected chi connectivity index (χ3v) is 2.90. The lowest BCUT2D eigenvalue weighted by molar-refractivity contribution is 0.174. The lowest BCUT2D eigenvalue weighted by Gasteiger charge is -2.33. The Bertz CT molecular complexity index is 123. The molecule has 0 saturated carbocycles. The monoisotopic (exact) mass is 186 g/mol. The number of rotatable bonds is 6. The molecular formula is C11H26N2. The quantitative estimate of drug-likeness (QED) is 0.683. The zero-order chi connectivity index (χ0) is 10.4. The van der Waals surface area contributed by atoms with E-state index in [1.807, 2.05) is 0 Å². The Morgan fingerprint density at radius 2 is 1.69 bits per heavy atom. The van der Waals surface area contributed by atoms with Gasteiger partial charge in [-0.3, -0.25) is 4.90 Å². The lowest BCUT2D eigenvalue weighted by Crippen LogP contribution is -2.47. The van der Waals surface area contributed by atoms with Gasteiger partial charge < -0.3 is 5.32 Å². The van der Waals surface area contributed by atoms with E-state index in [-0.39, 0.29) is 0 Å². The largest absolute Gasteiger partial charge is 0.313 e. The molecule has 1 N–H and O–H groups in total. The average molecular weight is 186 g/mol. The van der Waals surface area contributed by atoms with Crippen LogP contribution in [-0.2, 0) is 0 Å². The minimum atomic E-state index is 0.576. The summed E-state index contributed by atoms with van der Waals surface area (Å²) in [4.78, 5) is 2.41. The maximum atomic E-state index is 3.53. The van der Waals surface area contributed by atoms with Crippen LogP contribution in [0.15, 0.2) is 0 Å². The van der Waals surface area contributed by atoms with E-state index in [0.29, 0.717) is 18.1 Å². The first kappa shape index (κ1) is 12.9. The first-order valence-corrected chi connectivity index (χ1v) is 5.46. The molecule has 2 heteroatoms. The Balaban J connectivity index is 3.86. The summed E-state index contributed by atoms with van der Waals surface area (Å²) in [5.74, 6) is 0. The van der Waals surface area contributed by atoms with Crippen LogP contribution in [0.2, 0.25) is 0 Å². The molecule has 0 fully saturated rings. The van der Waals surface area contributed by atoms with Gasteiger partial charge in [-0.25, -0.2) is 0 Å². The third kappa shape index (κ3) is 4.63. The molecule has 13 heavy (non-hydrogen) atoms. The molecule has 80 valence electrons. The number of nitrogens with zero attached hydrogens (tertiary/aromatic N) is 1. The molecule has 0 amide bonds. The minimum Gasteiger partial charge on any atom is -0.313 e. The molecule has 0 heterocycles. The molecular weight excluding hydrogens is 160 g/mol. The second-order valence-electron chi connectivity index (χ2n) is 4.24. The van der Waals surface area contributed by atoms with Crippen LogP contribution in [-0.4, -0.2) is 36.6 Å². The summed E-state index contributed by atoms with van der Waals surface area (Å²) in [5.41, 5.74) is 0. The van der Waals surface area contributed by atoms with Crippen LogP contribution in [0.4, 0.5) is 0 Å². The molecule has 0 aromatic carbocycles. The summed E-state index contributed by atoms with van der Waals surface area (Å²) >= 11 is 0. The molecule has 0 radical (unpaired) electrons. The molecule has 0 aliphatic rings. The van der Waals surface area contributed by atoms with E-state index in [1.165, 1.54) is 6.42 Å². The van der Waals surface area contributed by atoms with Gasteiger partial charge in [0.15, 0.2) is 0 Å².